The predicted octanol–water partition coefficient (Wildman–Crippen LogP) is 5.81. The van der Waals surface area contributed by atoms with Gasteiger partial charge in [0.1, 0.15) is 11.6 Å². The van der Waals surface area contributed by atoms with Crippen LogP contribution in [0.4, 0.5) is 38.1 Å². The highest BCUT2D eigenvalue weighted by Gasteiger charge is 2.36. The number of benzene rings is 2. The molecule has 0 aliphatic heterocycles. The second-order valence-electron chi connectivity index (χ2n) is 10.1. The normalized spacial score (nSPS) is 18.3. The Labute approximate surface area is 233 Å². The van der Waals surface area contributed by atoms with Gasteiger partial charge in [0.25, 0.3) is 0 Å². The number of sulfonamides is 1. The molecule has 0 spiro atoms. The largest absolute Gasteiger partial charge is 0.573 e. The van der Waals surface area contributed by atoms with Crippen LogP contribution in [0.15, 0.2) is 47.4 Å². The average molecular weight is 606 g/mol. The van der Waals surface area contributed by atoms with Gasteiger partial charge >= 0.3 is 12.5 Å². The number of halogens is 6. The number of nitrogens with one attached hydrogen (secondary N) is 2. The van der Waals surface area contributed by atoms with Crippen LogP contribution in [0.5, 0.6) is 5.75 Å². The van der Waals surface area contributed by atoms with Crippen molar-refractivity contribution in [3.63, 3.8) is 0 Å². The van der Waals surface area contributed by atoms with E-state index in [0.29, 0.717) is 31.4 Å². The smallest absolute Gasteiger partial charge is 0.406 e. The highest BCUT2D eigenvalue weighted by atomic mass is 32.2. The fourth-order valence-electron chi connectivity index (χ4n) is 4.75. The Morgan fingerprint density at radius 1 is 0.927 bits per heavy atom. The van der Waals surface area contributed by atoms with Gasteiger partial charge in [-0.2, -0.15) is 18.2 Å². The molecule has 1 aliphatic carbocycles. The molecular formula is C26H29F6N5O3S. The molecule has 0 atom stereocenters. The minimum atomic E-state index is -5.29. The van der Waals surface area contributed by atoms with Gasteiger partial charge in [-0.3, -0.25) is 0 Å². The number of nitrogens with zero attached hydrogens (tertiary/aromatic N) is 3. The van der Waals surface area contributed by atoms with Crippen LogP contribution in [0, 0.1) is 11.8 Å². The Balaban J connectivity index is 1.34. The highest BCUT2D eigenvalue weighted by molar-refractivity contribution is 7.89. The van der Waals surface area contributed by atoms with Crippen molar-refractivity contribution in [3.05, 3.63) is 48.0 Å². The monoisotopic (exact) mass is 605 g/mol. The van der Waals surface area contributed by atoms with Crippen molar-refractivity contribution in [2.75, 3.05) is 37.4 Å². The molecule has 0 unspecified atom stereocenters. The summed E-state index contributed by atoms with van der Waals surface area (Å²) in [5.41, 5.74) is -0.761. The van der Waals surface area contributed by atoms with Crippen LogP contribution in [0.2, 0.25) is 0 Å². The van der Waals surface area contributed by atoms with Crippen LogP contribution in [-0.4, -0.2) is 51.9 Å². The molecule has 15 heteroatoms. The molecule has 0 saturated heterocycles. The lowest BCUT2D eigenvalue weighted by Gasteiger charge is -2.29. The molecule has 8 nitrogen and oxygen atoms in total. The Kier molecular flexibility index (Phi) is 8.87. The van der Waals surface area contributed by atoms with Crippen molar-refractivity contribution >= 4 is 32.7 Å². The summed E-state index contributed by atoms with van der Waals surface area (Å²) in [4.78, 5) is 10.1. The zero-order valence-electron chi connectivity index (χ0n) is 22.2. The van der Waals surface area contributed by atoms with E-state index in [9.17, 15) is 34.8 Å². The van der Waals surface area contributed by atoms with Crippen LogP contribution in [0.3, 0.4) is 0 Å². The van der Waals surface area contributed by atoms with E-state index >= 15 is 0 Å². The number of rotatable bonds is 9. The number of ether oxygens (including phenoxy) is 1. The number of fused-ring (bicyclic) bond motifs is 1. The fraction of sp³-hybridized carbons (Fsp3) is 0.462. The third-order valence-electron chi connectivity index (χ3n) is 6.84. The molecule has 2 aromatic carbocycles. The Morgan fingerprint density at radius 3 is 2.17 bits per heavy atom. The molecule has 1 saturated carbocycles. The zero-order chi connectivity index (χ0) is 30.0. The van der Waals surface area contributed by atoms with Crippen LogP contribution < -0.4 is 19.7 Å². The summed E-state index contributed by atoms with van der Waals surface area (Å²) in [7, 11) is -0.741. The van der Waals surface area contributed by atoms with Crippen LogP contribution >= 0.6 is 0 Å². The molecule has 3 aromatic rings. The summed E-state index contributed by atoms with van der Waals surface area (Å²) >= 11 is 0. The third kappa shape index (κ3) is 8.12. The first-order valence-electron chi connectivity index (χ1n) is 12.8. The van der Waals surface area contributed by atoms with Gasteiger partial charge in [0.15, 0.2) is 0 Å². The molecule has 0 amide bonds. The number of alkyl halides is 6. The minimum Gasteiger partial charge on any atom is -0.406 e. The maximum Gasteiger partial charge on any atom is 0.573 e. The van der Waals surface area contributed by atoms with Gasteiger partial charge in [-0.05, 0) is 61.8 Å². The van der Waals surface area contributed by atoms with Gasteiger partial charge in [-0.25, -0.2) is 18.1 Å². The molecule has 1 aromatic heterocycles. The number of hydrogen-bond donors (Lipinski definition) is 2. The van der Waals surface area contributed by atoms with Crippen molar-refractivity contribution < 1.29 is 39.5 Å². The van der Waals surface area contributed by atoms with Gasteiger partial charge < -0.3 is 15.0 Å². The molecule has 1 aliphatic rings. The van der Waals surface area contributed by atoms with Crippen molar-refractivity contribution in [2.24, 2.45) is 11.8 Å². The number of aromatic nitrogens is 2. The van der Waals surface area contributed by atoms with Gasteiger partial charge in [0, 0.05) is 38.6 Å². The lowest BCUT2D eigenvalue weighted by Crippen LogP contribution is -2.32. The van der Waals surface area contributed by atoms with Crippen LogP contribution in [-0.2, 0) is 16.2 Å². The topological polar surface area (TPSA) is 96.5 Å². The van der Waals surface area contributed by atoms with E-state index in [-0.39, 0.29) is 30.5 Å². The average Bonchev–Trinajstić information content (AvgIpc) is 2.89. The summed E-state index contributed by atoms with van der Waals surface area (Å²) in [5.74, 6) is 0.194. The predicted molar refractivity (Wildman–Crippen MR) is 141 cm³/mol. The highest BCUT2D eigenvalue weighted by Crippen LogP contribution is 2.36. The van der Waals surface area contributed by atoms with E-state index in [1.807, 2.05) is 43.3 Å². The molecule has 2 N–H and O–H groups in total. The van der Waals surface area contributed by atoms with Gasteiger partial charge in [-0.1, -0.05) is 12.1 Å². The maximum atomic E-state index is 13.2. The van der Waals surface area contributed by atoms with E-state index in [1.165, 1.54) is 0 Å². The Morgan fingerprint density at radius 2 is 1.56 bits per heavy atom. The first-order chi connectivity index (χ1) is 19.1. The second-order valence-corrected chi connectivity index (χ2v) is 11.9. The van der Waals surface area contributed by atoms with E-state index in [0.717, 1.165) is 29.6 Å². The Bertz CT molecular complexity index is 1470. The van der Waals surface area contributed by atoms with Gasteiger partial charge in [0.2, 0.25) is 16.0 Å². The molecule has 41 heavy (non-hydrogen) atoms. The molecule has 0 bridgehead atoms. The molecule has 1 heterocycles. The zero-order valence-corrected chi connectivity index (χ0v) is 23.0. The van der Waals surface area contributed by atoms with Gasteiger partial charge in [0.05, 0.1) is 16.0 Å². The SMILES string of the molecule is CN(C)c1nc(NC[C@H]2CC[C@H](CNS(=O)(=O)c3cc(OC(F)(F)F)cc(C(F)(F)F)c3)CC2)nc2ccccc12. The molecule has 4 rings (SSSR count). The molecule has 1 fully saturated rings. The van der Waals surface area contributed by atoms with Crippen molar-refractivity contribution in [1.82, 2.24) is 14.7 Å². The summed E-state index contributed by atoms with van der Waals surface area (Å²) in [5, 5.41) is 4.22. The van der Waals surface area contributed by atoms with Crippen LogP contribution in [0.1, 0.15) is 31.2 Å². The number of hydrogen-bond acceptors (Lipinski definition) is 7. The number of para-hydroxylation sites is 1. The second kappa shape index (κ2) is 11.9. The van der Waals surface area contributed by atoms with Crippen LogP contribution in [0.25, 0.3) is 10.9 Å². The summed E-state index contributed by atoms with van der Waals surface area (Å²) < 4.78 is 109. The van der Waals surface area contributed by atoms with Crippen molar-refractivity contribution in [3.8, 4) is 5.75 Å². The summed E-state index contributed by atoms with van der Waals surface area (Å²) in [6.45, 7) is 0.546. The lowest BCUT2D eigenvalue weighted by molar-refractivity contribution is -0.274. The van der Waals surface area contributed by atoms with Gasteiger partial charge in [-0.15, -0.1) is 13.2 Å². The molecular weight excluding hydrogens is 576 g/mol. The Hall–Kier alpha value is -3.33. The summed E-state index contributed by atoms with van der Waals surface area (Å²) in [6, 6.07) is 8.48. The summed E-state index contributed by atoms with van der Waals surface area (Å²) in [6.07, 6.45) is -7.53. The minimum absolute atomic E-state index is 0.0613. The fourth-order valence-corrected chi connectivity index (χ4v) is 5.92. The van der Waals surface area contributed by atoms with E-state index in [2.05, 4.69) is 24.7 Å². The standard InChI is InChI=1S/C26H29F6N5O3S/c1-37(2)23-21-5-3-4-6-22(21)35-24(36-23)33-14-16-7-9-17(10-8-16)15-34-41(38,39)20-12-18(25(27,28)29)11-19(13-20)40-26(30,31)32/h3-6,11-13,16-17,34H,7-10,14-15H2,1-2H3,(H,33,35,36)/t16-,17-. The quantitative estimate of drug-likeness (QED) is 0.297. The molecule has 224 valence electrons. The van der Waals surface area contributed by atoms with Crippen molar-refractivity contribution in [1.29, 1.82) is 0 Å². The first kappa shape index (κ1) is 30.6. The lowest BCUT2D eigenvalue weighted by atomic mass is 9.82. The maximum absolute atomic E-state index is 13.2. The molecule has 0 radical (unpaired) electrons. The van der Waals surface area contributed by atoms with E-state index in [4.69, 9.17) is 0 Å². The van der Waals surface area contributed by atoms with E-state index in [1.54, 1.807) is 0 Å². The number of anilines is 2. The first-order valence-corrected chi connectivity index (χ1v) is 14.2. The van der Waals surface area contributed by atoms with E-state index < -0.39 is 38.8 Å². The van der Waals surface area contributed by atoms with Crippen molar-refractivity contribution in [2.45, 2.75) is 43.1 Å². The third-order valence-corrected chi connectivity index (χ3v) is 8.24.